The molecule has 0 amide bonds. The predicted octanol–water partition coefficient (Wildman–Crippen LogP) is 2.38. The summed E-state index contributed by atoms with van der Waals surface area (Å²) in [5, 5.41) is 0. The fraction of sp³-hybridized carbons (Fsp3) is 0.583. The number of alkyl halides is 3. The molecule has 0 atom stereocenters. The summed E-state index contributed by atoms with van der Waals surface area (Å²) < 4.78 is 37.6. The Hall–Kier alpha value is -1.30. The maximum absolute atomic E-state index is 12.5. The molecule has 0 aromatic carbocycles. The molecule has 18 heavy (non-hydrogen) atoms. The molecule has 2 N–H and O–H groups in total. The van der Waals surface area contributed by atoms with Crippen molar-refractivity contribution < 1.29 is 13.2 Å². The first kappa shape index (κ1) is 13.1. The van der Waals surface area contributed by atoms with Crippen LogP contribution in [0.1, 0.15) is 24.1 Å². The van der Waals surface area contributed by atoms with Gasteiger partial charge in [0.15, 0.2) is 0 Å². The first-order valence-corrected chi connectivity index (χ1v) is 5.90. The van der Waals surface area contributed by atoms with E-state index in [-0.39, 0.29) is 6.04 Å². The van der Waals surface area contributed by atoms with Gasteiger partial charge in [0.05, 0.1) is 0 Å². The molecule has 0 saturated heterocycles. The molecule has 1 saturated carbocycles. The van der Waals surface area contributed by atoms with Gasteiger partial charge in [0, 0.05) is 18.3 Å². The minimum absolute atomic E-state index is 0.0257. The third kappa shape index (κ3) is 3.13. The Bertz CT molecular complexity index is 427. The average Bonchev–Trinajstić information content (AvgIpc) is 3.08. The average molecular weight is 259 g/mol. The third-order valence-corrected chi connectivity index (χ3v) is 3.03. The SMILES string of the molecule is Cc1nc(N(CC(F)(F)F)C2CC2)ccc1CN. The van der Waals surface area contributed by atoms with Gasteiger partial charge in [-0.05, 0) is 31.4 Å². The van der Waals surface area contributed by atoms with Gasteiger partial charge >= 0.3 is 6.18 Å². The minimum Gasteiger partial charge on any atom is -0.345 e. The molecule has 1 aromatic heterocycles. The molecule has 6 heteroatoms. The van der Waals surface area contributed by atoms with Crippen LogP contribution in [0.25, 0.3) is 0 Å². The van der Waals surface area contributed by atoms with E-state index < -0.39 is 12.7 Å². The molecule has 0 spiro atoms. The van der Waals surface area contributed by atoms with Crippen LogP contribution in [-0.4, -0.2) is 23.7 Å². The number of anilines is 1. The molecule has 1 heterocycles. The van der Waals surface area contributed by atoms with Gasteiger partial charge in [0.1, 0.15) is 12.4 Å². The molecule has 2 rings (SSSR count). The summed E-state index contributed by atoms with van der Waals surface area (Å²) in [6.45, 7) is 1.18. The zero-order valence-electron chi connectivity index (χ0n) is 10.2. The normalized spacial score (nSPS) is 15.8. The van der Waals surface area contributed by atoms with Gasteiger partial charge in [-0.2, -0.15) is 13.2 Å². The zero-order chi connectivity index (χ0) is 13.3. The van der Waals surface area contributed by atoms with Crippen LogP contribution in [0.5, 0.6) is 0 Å². The van der Waals surface area contributed by atoms with Gasteiger partial charge in [-0.25, -0.2) is 4.98 Å². The van der Waals surface area contributed by atoms with Crippen molar-refractivity contribution in [3.05, 3.63) is 23.4 Å². The molecule has 1 aliphatic carbocycles. The van der Waals surface area contributed by atoms with E-state index in [0.717, 1.165) is 18.4 Å². The van der Waals surface area contributed by atoms with Crippen molar-refractivity contribution in [1.82, 2.24) is 4.98 Å². The second kappa shape index (κ2) is 4.76. The maximum atomic E-state index is 12.5. The van der Waals surface area contributed by atoms with Gasteiger partial charge in [-0.1, -0.05) is 6.07 Å². The van der Waals surface area contributed by atoms with Crippen LogP contribution in [-0.2, 0) is 6.54 Å². The van der Waals surface area contributed by atoms with E-state index in [2.05, 4.69) is 4.98 Å². The fourth-order valence-corrected chi connectivity index (χ4v) is 1.93. The summed E-state index contributed by atoms with van der Waals surface area (Å²) in [6.07, 6.45) is -2.60. The second-order valence-electron chi connectivity index (χ2n) is 4.59. The number of pyridine rings is 1. The number of hydrogen-bond donors (Lipinski definition) is 1. The van der Waals surface area contributed by atoms with Crippen molar-refractivity contribution in [2.45, 2.75) is 38.5 Å². The van der Waals surface area contributed by atoms with Crippen molar-refractivity contribution in [3.63, 3.8) is 0 Å². The van der Waals surface area contributed by atoms with Crippen molar-refractivity contribution in [2.24, 2.45) is 5.73 Å². The van der Waals surface area contributed by atoms with Gasteiger partial charge in [-0.3, -0.25) is 0 Å². The summed E-state index contributed by atoms with van der Waals surface area (Å²) in [7, 11) is 0. The van der Waals surface area contributed by atoms with E-state index in [1.807, 2.05) is 0 Å². The minimum atomic E-state index is -4.20. The summed E-state index contributed by atoms with van der Waals surface area (Å²) in [6, 6.07) is 3.35. The lowest BCUT2D eigenvalue weighted by atomic mass is 10.2. The highest BCUT2D eigenvalue weighted by Gasteiger charge is 2.38. The van der Waals surface area contributed by atoms with Crippen LogP contribution in [0.15, 0.2) is 12.1 Å². The van der Waals surface area contributed by atoms with E-state index >= 15 is 0 Å². The summed E-state index contributed by atoms with van der Waals surface area (Å²) in [4.78, 5) is 5.58. The van der Waals surface area contributed by atoms with Crippen LogP contribution in [0.4, 0.5) is 19.0 Å². The Morgan fingerprint density at radius 3 is 2.50 bits per heavy atom. The zero-order valence-corrected chi connectivity index (χ0v) is 10.2. The van der Waals surface area contributed by atoms with Crippen LogP contribution >= 0.6 is 0 Å². The molecule has 0 unspecified atom stereocenters. The van der Waals surface area contributed by atoms with Crippen LogP contribution in [0.2, 0.25) is 0 Å². The number of rotatable bonds is 4. The summed E-state index contributed by atoms with van der Waals surface area (Å²) in [5.74, 6) is 0.393. The van der Waals surface area contributed by atoms with E-state index in [0.29, 0.717) is 18.1 Å². The molecule has 1 fully saturated rings. The van der Waals surface area contributed by atoms with Crippen LogP contribution < -0.4 is 10.6 Å². The highest BCUT2D eigenvalue weighted by atomic mass is 19.4. The largest absolute Gasteiger partial charge is 0.405 e. The summed E-state index contributed by atoms with van der Waals surface area (Å²) >= 11 is 0. The highest BCUT2D eigenvalue weighted by molar-refractivity contribution is 5.44. The molecule has 1 aromatic rings. The lowest BCUT2D eigenvalue weighted by molar-refractivity contribution is -0.120. The first-order valence-electron chi connectivity index (χ1n) is 5.90. The molecular formula is C12H16F3N3. The van der Waals surface area contributed by atoms with E-state index in [9.17, 15) is 13.2 Å². The van der Waals surface area contributed by atoms with Gasteiger partial charge in [0.2, 0.25) is 0 Å². The molecule has 0 aliphatic heterocycles. The van der Waals surface area contributed by atoms with Crippen molar-refractivity contribution in [2.75, 3.05) is 11.4 Å². The highest BCUT2D eigenvalue weighted by Crippen LogP contribution is 2.33. The van der Waals surface area contributed by atoms with E-state index in [4.69, 9.17) is 5.73 Å². The lowest BCUT2D eigenvalue weighted by Crippen LogP contribution is -2.36. The van der Waals surface area contributed by atoms with Gasteiger partial charge < -0.3 is 10.6 Å². The number of hydrogen-bond acceptors (Lipinski definition) is 3. The van der Waals surface area contributed by atoms with Crippen LogP contribution in [0, 0.1) is 6.92 Å². The topological polar surface area (TPSA) is 42.2 Å². The maximum Gasteiger partial charge on any atom is 0.405 e. The number of nitrogens with zero attached hydrogens (tertiary/aromatic N) is 2. The van der Waals surface area contributed by atoms with Gasteiger partial charge in [-0.15, -0.1) is 0 Å². The molecule has 1 aliphatic rings. The second-order valence-corrected chi connectivity index (χ2v) is 4.59. The Morgan fingerprint density at radius 2 is 2.06 bits per heavy atom. The quantitative estimate of drug-likeness (QED) is 0.902. The van der Waals surface area contributed by atoms with Gasteiger partial charge in [0.25, 0.3) is 0 Å². The van der Waals surface area contributed by atoms with Crippen molar-refractivity contribution in [3.8, 4) is 0 Å². The monoisotopic (exact) mass is 259 g/mol. The lowest BCUT2D eigenvalue weighted by Gasteiger charge is -2.25. The Labute approximate surface area is 104 Å². The molecule has 0 radical (unpaired) electrons. The van der Waals surface area contributed by atoms with Crippen molar-refractivity contribution in [1.29, 1.82) is 0 Å². The van der Waals surface area contributed by atoms with Crippen molar-refractivity contribution >= 4 is 5.82 Å². The molecular weight excluding hydrogens is 243 g/mol. The number of aryl methyl sites for hydroxylation is 1. The number of aromatic nitrogens is 1. The standard InChI is InChI=1S/C12H16F3N3/c1-8-9(6-16)2-5-11(17-8)18(10-3-4-10)7-12(13,14)15/h2,5,10H,3-4,6-7,16H2,1H3. The molecule has 100 valence electrons. The van der Waals surface area contributed by atoms with E-state index in [1.165, 1.54) is 4.90 Å². The number of halogens is 3. The van der Waals surface area contributed by atoms with E-state index in [1.54, 1.807) is 19.1 Å². The first-order chi connectivity index (χ1) is 8.40. The Kier molecular flexibility index (Phi) is 3.47. The smallest absolute Gasteiger partial charge is 0.345 e. The molecule has 3 nitrogen and oxygen atoms in total. The number of nitrogens with two attached hydrogens (primary N) is 1. The fourth-order valence-electron chi connectivity index (χ4n) is 1.93. The summed E-state index contributed by atoms with van der Waals surface area (Å²) in [5.41, 5.74) is 7.08. The Morgan fingerprint density at radius 1 is 1.39 bits per heavy atom. The third-order valence-electron chi connectivity index (χ3n) is 3.03. The predicted molar refractivity (Wildman–Crippen MR) is 63.3 cm³/mol. The van der Waals surface area contributed by atoms with Crippen LogP contribution in [0.3, 0.4) is 0 Å². The Balaban J connectivity index is 2.23. The molecule has 0 bridgehead atoms.